The molecule has 4 rings (SSSR count). The third-order valence-corrected chi connectivity index (χ3v) is 6.64. The fraction of sp³-hybridized carbons (Fsp3) is 0.148. The van der Waals surface area contributed by atoms with Crippen LogP contribution in [0.1, 0.15) is 22.3 Å². The predicted octanol–water partition coefficient (Wildman–Crippen LogP) is 6.19. The van der Waals surface area contributed by atoms with E-state index >= 15 is 0 Å². The third-order valence-electron chi connectivity index (χ3n) is 5.50. The van der Waals surface area contributed by atoms with E-state index in [0.29, 0.717) is 11.8 Å². The molecule has 0 aliphatic heterocycles. The second-order valence-corrected chi connectivity index (χ2v) is 8.85. The molecule has 0 aliphatic rings. The van der Waals surface area contributed by atoms with E-state index in [1.54, 1.807) is 19.4 Å². The molecule has 0 fully saturated rings. The van der Waals surface area contributed by atoms with Crippen LogP contribution >= 0.6 is 20.2 Å². The first kappa shape index (κ1) is 22.5. The molecule has 4 aromatic rings. The van der Waals surface area contributed by atoms with Crippen LogP contribution < -0.4 is 10.0 Å². The van der Waals surface area contributed by atoms with Gasteiger partial charge in [-0.05, 0) is 52.4 Å². The summed E-state index contributed by atoms with van der Waals surface area (Å²) in [7, 11) is 2.41. The van der Waals surface area contributed by atoms with E-state index in [-0.39, 0.29) is 0 Å². The van der Waals surface area contributed by atoms with Crippen LogP contribution in [0.5, 0.6) is 5.75 Å². The number of ether oxygens (including phenoxy) is 2. The van der Waals surface area contributed by atoms with Crippen LogP contribution in [0.2, 0.25) is 5.15 Å². The number of nitrogens with zero attached hydrogens (tertiary/aromatic N) is 1. The molecule has 0 saturated heterocycles. The Hall–Kier alpha value is -2.71. The van der Waals surface area contributed by atoms with Gasteiger partial charge in [0.2, 0.25) is 0 Å². The summed E-state index contributed by atoms with van der Waals surface area (Å²) in [6.07, 6.45) is 1.76. The SMILES string of the molecule is COc1ccc(C(OCc2ccc(Cl)nc2)(c2ccccc2)c2ccc(PC)cc2)cc1. The van der Waals surface area contributed by atoms with Crippen molar-refractivity contribution in [2.75, 3.05) is 13.8 Å². The summed E-state index contributed by atoms with van der Waals surface area (Å²) >= 11 is 5.98. The van der Waals surface area contributed by atoms with Crippen LogP contribution in [0.15, 0.2) is 97.2 Å². The topological polar surface area (TPSA) is 31.4 Å². The number of hydrogen-bond acceptors (Lipinski definition) is 3. The van der Waals surface area contributed by atoms with Gasteiger partial charge in [-0.15, -0.1) is 0 Å². The van der Waals surface area contributed by atoms with Crippen molar-refractivity contribution in [3.05, 3.63) is 125 Å². The maximum absolute atomic E-state index is 6.84. The molecule has 1 aromatic heterocycles. The Kier molecular flexibility index (Phi) is 7.22. The van der Waals surface area contributed by atoms with Crippen LogP contribution in [0.3, 0.4) is 0 Å². The third kappa shape index (κ3) is 4.71. The van der Waals surface area contributed by atoms with Gasteiger partial charge >= 0.3 is 0 Å². The standard InChI is InChI=1S/C27H25ClNO2P/c1-30-24-13-9-22(10-14-24)27(21-6-4-3-5-7-21,23-11-15-25(32-2)16-12-23)31-19-20-8-17-26(28)29-18-20/h3-18,32H,19H2,1-2H3. The number of hydrogen-bond donors (Lipinski definition) is 0. The second-order valence-electron chi connectivity index (χ2n) is 7.38. The average Bonchev–Trinajstić information content (AvgIpc) is 2.87. The summed E-state index contributed by atoms with van der Waals surface area (Å²) in [4.78, 5) is 4.21. The molecule has 0 spiro atoms. The minimum Gasteiger partial charge on any atom is -0.497 e. The lowest BCUT2D eigenvalue weighted by molar-refractivity contribution is 0.000111. The summed E-state index contributed by atoms with van der Waals surface area (Å²) in [5.74, 6) is 0.806. The molecular formula is C27H25ClNO2P. The quantitative estimate of drug-likeness (QED) is 0.178. The van der Waals surface area contributed by atoms with Gasteiger partial charge in [0.15, 0.2) is 0 Å². The van der Waals surface area contributed by atoms with Gasteiger partial charge in [0.25, 0.3) is 0 Å². The Morgan fingerprint density at radius 1 is 0.812 bits per heavy atom. The highest BCUT2D eigenvalue weighted by molar-refractivity contribution is 7.46. The molecule has 0 saturated carbocycles. The Morgan fingerprint density at radius 2 is 1.44 bits per heavy atom. The van der Waals surface area contributed by atoms with Gasteiger partial charge in [0, 0.05) is 6.20 Å². The average molecular weight is 462 g/mol. The number of benzene rings is 3. The van der Waals surface area contributed by atoms with Crippen molar-refractivity contribution in [3.63, 3.8) is 0 Å². The van der Waals surface area contributed by atoms with Gasteiger partial charge in [0.1, 0.15) is 16.5 Å². The maximum Gasteiger partial charge on any atom is 0.144 e. The van der Waals surface area contributed by atoms with E-state index in [1.807, 2.05) is 36.4 Å². The summed E-state index contributed by atoms with van der Waals surface area (Å²) in [6.45, 7) is 2.56. The number of pyridine rings is 1. The minimum atomic E-state index is -0.803. The normalized spacial score (nSPS) is 13.2. The lowest BCUT2D eigenvalue weighted by atomic mass is 9.80. The molecule has 2 atom stereocenters. The van der Waals surface area contributed by atoms with Crippen LogP contribution in [-0.2, 0) is 16.9 Å². The number of aromatic nitrogens is 1. The van der Waals surface area contributed by atoms with Crippen LogP contribution in [0.4, 0.5) is 0 Å². The summed E-state index contributed by atoms with van der Waals surface area (Å²) < 4.78 is 12.2. The number of methoxy groups -OCH3 is 1. The maximum atomic E-state index is 6.84. The molecule has 3 aromatic carbocycles. The van der Waals surface area contributed by atoms with E-state index < -0.39 is 5.60 Å². The molecule has 2 unspecified atom stereocenters. The molecule has 1 heterocycles. The van der Waals surface area contributed by atoms with Crippen molar-refractivity contribution < 1.29 is 9.47 Å². The van der Waals surface area contributed by atoms with Gasteiger partial charge in [0.05, 0.1) is 13.7 Å². The first-order chi connectivity index (χ1) is 15.7. The Balaban J connectivity index is 1.88. The van der Waals surface area contributed by atoms with E-state index in [2.05, 4.69) is 60.2 Å². The molecule has 3 nitrogen and oxygen atoms in total. The zero-order chi connectivity index (χ0) is 22.4. The minimum absolute atomic E-state index is 0.377. The van der Waals surface area contributed by atoms with Crippen LogP contribution in [0, 0.1) is 0 Å². The molecule has 32 heavy (non-hydrogen) atoms. The van der Waals surface area contributed by atoms with Crippen LogP contribution in [0.25, 0.3) is 0 Å². The van der Waals surface area contributed by atoms with Gasteiger partial charge < -0.3 is 9.47 Å². The van der Waals surface area contributed by atoms with Gasteiger partial charge in [-0.2, -0.15) is 0 Å². The fourth-order valence-corrected chi connectivity index (χ4v) is 4.42. The molecule has 162 valence electrons. The first-order valence-electron chi connectivity index (χ1n) is 10.4. The molecule has 0 aliphatic carbocycles. The second kappa shape index (κ2) is 10.3. The Morgan fingerprint density at radius 3 is 2.00 bits per heavy atom. The molecule has 0 bridgehead atoms. The monoisotopic (exact) mass is 461 g/mol. The largest absolute Gasteiger partial charge is 0.497 e. The molecular weight excluding hydrogens is 437 g/mol. The molecule has 0 N–H and O–H groups in total. The summed E-state index contributed by atoms with van der Waals surface area (Å²) in [6, 6.07) is 30.9. The van der Waals surface area contributed by atoms with Crippen molar-refractivity contribution in [2.45, 2.75) is 12.2 Å². The number of halogens is 1. The molecule has 5 heteroatoms. The highest BCUT2D eigenvalue weighted by Gasteiger charge is 2.37. The Bertz CT molecular complexity index is 1080. The van der Waals surface area contributed by atoms with Crippen molar-refractivity contribution in [1.82, 2.24) is 4.98 Å². The van der Waals surface area contributed by atoms with Gasteiger partial charge in [-0.1, -0.05) is 93.0 Å². The van der Waals surface area contributed by atoms with Crippen LogP contribution in [-0.4, -0.2) is 18.8 Å². The highest BCUT2D eigenvalue weighted by atomic mass is 35.5. The summed E-state index contributed by atoms with van der Waals surface area (Å²) in [5.41, 5.74) is 3.30. The molecule has 0 radical (unpaired) electrons. The van der Waals surface area contributed by atoms with Crippen molar-refractivity contribution in [3.8, 4) is 5.75 Å². The lowest BCUT2D eigenvalue weighted by Crippen LogP contribution is -2.33. The first-order valence-corrected chi connectivity index (χ1v) is 12.3. The zero-order valence-electron chi connectivity index (χ0n) is 18.1. The lowest BCUT2D eigenvalue weighted by Gasteiger charge is -2.36. The number of rotatable bonds is 8. The summed E-state index contributed by atoms with van der Waals surface area (Å²) in [5, 5.41) is 1.78. The van der Waals surface area contributed by atoms with Gasteiger partial charge in [-0.3, -0.25) is 0 Å². The van der Waals surface area contributed by atoms with E-state index in [4.69, 9.17) is 21.1 Å². The highest BCUT2D eigenvalue weighted by Crippen LogP contribution is 2.41. The van der Waals surface area contributed by atoms with Crippen molar-refractivity contribution in [2.24, 2.45) is 0 Å². The van der Waals surface area contributed by atoms with Crippen molar-refractivity contribution >= 4 is 25.5 Å². The molecule has 0 amide bonds. The van der Waals surface area contributed by atoms with E-state index in [0.717, 1.165) is 36.6 Å². The van der Waals surface area contributed by atoms with E-state index in [9.17, 15) is 0 Å². The van der Waals surface area contributed by atoms with Crippen molar-refractivity contribution in [1.29, 1.82) is 0 Å². The van der Waals surface area contributed by atoms with E-state index in [1.165, 1.54) is 5.30 Å². The van der Waals surface area contributed by atoms with Gasteiger partial charge in [-0.25, -0.2) is 4.98 Å². The predicted molar refractivity (Wildman–Crippen MR) is 134 cm³/mol. The fourth-order valence-electron chi connectivity index (χ4n) is 3.80. The smallest absolute Gasteiger partial charge is 0.144 e. The zero-order valence-corrected chi connectivity index (χ0v) is 19.8. The Labute approximate surface area is 196 Å².